The maximum Gasteiger partial charge on any atom is 0.433 e. The molecule has 0 aliphatic carbocycles. The van der Waals surface area contributed by atoms with Crippen LogP contribution in [0.2, 0.25) is 0 Å². The number of anilines is 1. The Morgan fingerprint density at radius 2 is 1.69 bits per heavy atom. The Kier molecular flexibility index (Phi) is 6.53. The van der Waals surface area contributed by atoms with Crippen LogP contribution in [0.1, 0.15) is 5.69 Å². The van der Waals surface area contributed by atoms with Crippen LogP contribution in [0.25, 0.3) is 11.3 Å². The number of halogens is 5. The summed E-state index contributed by atoms with van der Waals surface area (Å²) in [4.78, 5) is 19.7. The summed E-state index contributed by atoms with van der Waals surface area (Å²) in [6, 6.07) is 12.6. The van der Waals surface area contributed by atoms with Gasteiger partial charge in [0, 0.05) is 15.7 Å². The SMILES string of the molecule is O=C(CSc1nc(-c2ccc(Br)cc2)cc(C(F)(F)F)n1)Nc1ccc(F)cc1. The predicted molar refractivity (Wildman–Crippen MR) is 106 cm³/mol. The van der Waals surface area contributed by atoms with Crippen molar-refractivity contribution in [2.75, 3.05) is 11.1 Å². The van der Waals surface area contributed by atoms with E-state index in [-0.39, 0.29) is 16.6 Å². The average Bonchev–Trinajstić information content (AvgIpc) is 2.68. The summed E-state index contributed by atoms with van der Waals surface area (Å²) in [5, 5.41) is 2.35. The van der Waals surface area contributed by atoms with Crippen LogP contribution in [0.3, 0.4) is 0 Å². The minimum absolute atomic E-state index is 0.0984. The van der Waals surface area contributed by atoms with Gasteiger partial charge in [0.15, 0.2) is 5.16 Å². The number of carbonyl (C=O) groups is 1. The van der Waals surface area contributed by atoms with Crippen LogP contribution in [-0.2, 0) is 11.0 Å². The molecule has 0 unspecified atom stereocenters. The van der Waals surface area contributed by atoms with Crippen LogP contribution >= 0.6 is 27.7 Å². The standard InChI is InChI=1S/C19H12BrF4N3OS/c20-12-3-1-11(2-4-12)15-9-16(19(22,23)24)27-18(26-15)29-10-17(28)25-14-7-5-13(21)6-8-14/h1-9H,10H2,(H,25,28). The summed E-state index contributed by atoms with van der Waals surface area (Å²) < 4.78 is 53.4. The van der Waals surface area contributed by atoms with Crippen molar-refractivity contribution in [2.24, 2.45) is 0 Å². The van der Waals surface area contributed by atoms with Crippen LogP contribution < -0.4 is 5.32 Å². The van der Waals surface area contributed by atoms with E-state index in [0.29, 0.717) is 11.3 Å². The number of nitrogens with zero attached hydrogens (tertiary/aromatic N) is 2. The smallest absolute Gasteiger partial charge is 0.325 e. The molecule has 0 aliphatic rings. The zero-order valence-electron chi connectivity index (χ0n) is 14.5. The number of thioether (sulfide) groups is 1. The molecule has 0 saturated carbocycles. The molecule has 0 spiro atoms. The predicted octanol–water partition coefficient (Wildman–Crippen LogP) is 5.79. The lowest BCUT2D eigenvalue weighted by Crippen LogP contribution is -2.15. The lowest BCUT2D eigenvalue weighted by molar-refractivity contribution is -0.141. The van der Waals surface area contributed by atoms with E-state index in [2.05, 4.69) is 31.2 Å². The monoisotopic (exact) mass is 485 g/mol. The van der Waals surface area contributed by atoms with Gasteiger partial charge in [0.2, 0.25) is 5.91 Å². The Morgan fingerprint density at radius 3 is 2.31 bits per heavy atom. The number of alkyl halides is 3. The highest BCUT2D eigenvalue weighted by Gasteiger charge is 2.34. The van der Waals surface area contributed by atoms with E-state index in [1.807, 2.05) is 0 Å². The van der Waals surface area contributed by atoms with E-state index in [0.717, 1.165) is 22.3 Å². The Hall–Kier alpha value is -2.46. The second kappa shape index (κ2) is 8.91. The molecule has 1 heterocycles. The third-order valence-corrected chi connectivity index (χ3v) is 4.97. The minimum atomic E-state index is -4.65. The molecule has 1 N–H and O–H groups in total. The largest absolute Gasteiger partial charge is 0.433 e. The first-order valence-corrected chi connectivity index (χ1v) is 9.89. The highest BCUT2D eigenvalue weighted by Crippen LogP contribution is 2.32. The Morgan fingerprint density at radius 1 is 1.03 bits per heavy atom. The summed E-state index contributed by atoms with van der Waals surface area (Å²) in [5.74, 6) is -1.14. The number of rotatable bonds is 5. The maximum absolute atomic E-state index is 13.2. The topological polar surface area (TPSA) is 54.9 Å². The van der Waals surface area contributed by atoms with Crippen LogP contribution in [0.15, 0.2) is 64.2 Å². The number of hydrogen-bond acceptors (Lipinski definition) is 4. The van der Waals surface area contributed by atoms with Crippen molar-refractivity contribution in [3.63, 3.8) is 0 Å². The van der Waals surface area contributed by atoms with Gasteiger partial charge in [-0.05, 0) is 42.5 Å². The second-order valence-corrected chi connectivity index (χ2v) is 7.63. The van der Waals surface area contributed by atoms with E-state index in [1.165, 1.54) is 24.3 Å². The van der Waals surface area contributed by atoms with E-state index in [1.54, 1.807) is 24.3 Å². The van der Waals surface area contributed by atoms with Gasteiger partial charge in [-0.3, -0.25) is 4.79 Å². The van der Waals surface area contributed by atoms with Crippen molar-refractivity contribution in [1.29, 1.82) is 0 Å². The molecule has 150 valence electrons. The summed E-state index contributed by atoms with van der Waals surface area (Å²) in [6.45, 7) is 0. The van der Waals surface area contributed by atoms with Gasteiger partial charge < -0.3 is 5.32 Å². The molecule has 4 nitrogen and oxygen atoms in total. The molecule has 3 rings (SSSR count). The van der Waals surface area contributed by atoms with E-state index in [9.17, 15) is 22.4 Å². The van der Waals surface area contributed by atoms with Crippen molar-refractivity contribution >= 4 is 39.3 Å². The van der Waals surface area contributed by atoms with Crippen LogP contribution in [0.4, 0.5) is 23.2 Å². The van der Waals surface area contributed by atoms with Gasteiger partial charge in [-0.15, -0.1) is 0 Å². The first kappa shape index (κ1) is 21.3. The van der Waals surface area contributed by atoms with Crippen LogP contribution in [0.5, 0.6) is 0 Å². The zero-order valence-corrected chi connectivity index (χ0v) is 16.9. The molecule has 29 heavy (non-hydrogen) atoms. The molecule has 10 heteroatoms. The second-order valence-electron chi connectivity index (χ2n) is 5.77. The third kappa shape index (κ3) is 6.01. The van der Waals surface area contributed by atoms with Gasteiger partial charge in [-0.25, -0.2) is 14.4 Å². The average molecular weight is 486 g/mol. The van der Waals surface area contributed by atoms with Crippen LogP contribution in [0, 0.1) is 5.82 Å². The number of carbonyl (C=O) groups excluding carboxylic acids is 1. The Labute approximate surface area is 175 Å². The molecule has 0 aliphatic heterocycles. The van der Waals surface area contributed by atoms with Gasteiger partial charge in [0.25, 0.3) is 0 Å². The van der Waals surface area contributed by atoms with Gasteiger partial charge in [0.1, 0.15) is 11.5 Å². The minimum Gasteiger partial charge on any atom is -0.325 e. The van der Waals surface area contributed by atoms with E-state index < -0.39 is 23.6 Å². The molecule has 1 amide bonds. The molecule has 0 fully saturated rings. The highest BCUT2D eigenvalue weighted by molar-refractivity contribution is 9.10. The number of amides is 1. The third-order valence-electron chi connectivity index (χ3n) is 3.60. The molecular weight excluding hydrogens is 474 g/mol. The summed E-state index contributed by atoms with van der Waals surface area (Å²) >= 11 is 4.04. The molecule has 0 bridgehead atoms. The van der Waals surface area contributed by atoms with Gasteiger partial charge in [0.05, 0.1) is 11.4 Å². The van der Waals surface area contributed by atoms with E-state index >= 15 is 0 Å². The van der Waals surface area contributed by atoms with E-state index in [4.69, 9.17) is 0 Å². The lowest BCUT2D eigenvalue weighted by atomic mass is 10.1. The molecule has 0 radical (unpaired) electrons. The fraction of sp³-hybridized carbons (Fsp3) is 0.105. The normalized spacial score (nSPS) is 11.3. The number of aromatic nitrogens is 2. The van der Waals surface area contributed by atoms with Gasteiger partial charge >= 0.3 is 6.18 Å². The fourth-order valence-corrected chi connectivity index (χ4v) is 3.19. The molecule has 0 saturated heterocycles. The summed E-state index contributed by atoms with van der Waals surface area (Å²) in [7, 11) is 0. The summed E-state index contributed by atoms with van der Waals surface area (Å²) in [6.07, 6.45) is -4.65. The number of hydrogen-bond donors (Lipinski definition) is 1. The fourth-order valence-electron chi connectivity index (χ4n) is 2.26. The quantitative estimate of drug-likeness (QED) is 0.282. The maximum atomic E-state index is 13.2. The van der Waals surface area contributed by atoms with Gasteiger partial charge in [-0.1, -0.05) is 39.8 Å². The summed E-state index contributed by atoms with van der Waals surface area (Å²) in [5.41, 5.74) is -0.135. The highest BCUT2D eigenvalue weighted by atomic mass is 79.9. The molecular formula is C19H12BrF4N3OS. The first-order chi connectivity index (χ1) is 13.7. The van der Waals surface area contributed by atoms with Gasteiger partial charge in [-0.2, -0.15) is 13.2 Å². The number of benzene rings is 2. The van der Waals surface area contributed by atoms with Crippen molar-refractivity contribution in [1.82, 2.24) is 9.97 Å². The zero-order chi connectivity index (χ0) is 21.0. The van der Waals surface area contributed by atoms with Crippen molar-refractivity contribution in [2.45, 2.75) is 11.3 Å². The van der Waals surface area contributed by atoms with Crippen molar-refractivity contribution in [3.8, 4) is 11.3 Å². The molecule has 1 aromatic heterocycles. The molecule has 0 atom stereocenters. The van der Waals surface area contributed by atoms with Crippen molar-refractivity contribution in [3.05, 3.63) is 70.6 Å². The number of nitrogens with one attached hydrogen (secondary N) is 1. The molecule has 3 aromatic rings. The molecule has 2 aromatic carbocycles. The lowest BCUT2D eigenvalue weighted by Gasteiger charge is -2.11. The first-order valence-electron chi connectivity index (χ1n) is 8.11. The van der Waals surface area contributed by atoms with Crippen molar-refractivity contribution < 1.29 is 22.4 Å². The Bertz CT molecular complexity index is 1010. The van der Waals surface area contributed by atoms with Crippen LogP contribution in [-0.4, -0.2) is 21.6 Å². The Balaban J connectivity index is 1.78.